The maximum absolute atomic E-state index is 13.2. The lowest BCUT2D eigenvalue weighted by molar-refractivity contribution is 0.102. The van der Waals surface area contributed by atoms with Gasteiger partial charge in [-0.05, 0) is 36.4 Å². The second-order valence-electron chi connectivity index (χ2n) is 3.78. The van der Waals surface area contributed by atoms with E-state index in [9.17, 15) is 9.18 Å². The van der Waals surface area contributed by atoms with Gasteiger partial charge in [0.1, 0.15) is 5.82 Å². The Hall–Kier alpha value is -1.23. The first-order chi connectivity index (χ1) is 8.95. The van der Waals surface area contributed by atoms with Gasteiger partial charge in [-0.25, -0.2) is 4.39 Å². The number of hydrogen-bond donors (Lipinski definition) is 2. The molecule has 2 aromatic carbocycles. The number of carbonyl (C=O) groups excluding carboxylic acids is 1. The average Bonchev–Trinajstić information content (AvgIpc) is 2.30. The van der Waals surface area contributed by atoms with Gasteiger partial charge in [-0.1, -0.05) is 23.2 Å². The van der Waals surface area contributed by atoms with Crippen LogP contribution in [0.5, 0.6) is 0 Å². The minimum atomic E-state index is -0.531. The van der Waals surface area contributed by atoms with Gasteiger partial charge in [0.05, 0.1) is 10.6 Å². The zero-order valence-electron chi connectivity index (χ0n) is 9.45. The third kappa shape index (κ3) is 3.62. The van der Waals surface area contributed by atoms with E-state index in [1.165, 1.54) is 18.2 Å². The van der Waals surface area contributed by atoms with Gasteiger partial charge in [0.15, 0.2) is 0 Å². The van der Waals surface area contributed by atoms with Gasteiger partial charge < -0.3 is 5.32 Å². The van der Waals surface area contributed by atoms with E-state index in [1.54, 1.807) is 12.1 Å². The molecular formula is C13H8Cl2FNOS. The van der Waals surface area contributed by atoms with Crippen LogP contribution in [-0.4, -0.2) is 5.91 Å². The predicted octanol–water partition coefficient (Wildman–Crippen LogP) is 4.67. The standard InChI is InChI=1S/C13H8Cl2FNOS/c14-7-3-8(16)5-9(4-7)17-13(18)11-6-10(19)1-2-12(11)15/h1-6,19H,(H,17,18). The van der Waals surface area contributed by atoms with Crippen LogP contribution < -0.4 is 5.32 Å². The fourth-order valence-electron chi connectivity index (χ4n) is 1.51. The Balaban J connectivity index is 2.28. The van der Waals surface area contributed by atoms with Crippen molar-refractivity contribution in [1.29, 1.82) is 0 Å². The van der Waals surface area contributed by atoms with Gasteiger partial charge >= 0.3 is 0 Å². The van der Waals surface area contributed by atoms with Crippen molar-refractivity contribution < 1.29 is 9.18 Å². The third-order valence-electron chi connectivity index (χ3n) is 2.31. The minimum Gasteiger partial charge on any atom is -0.322 e. The SMILES string of the molecule is O=C(Nc1cc(F)cc(Cl)c1)c1cc(S)ccc1Cl. The molecule has 1 N–H and O–H groups in total. The lowest BCUT2D eigenvalue weighted by Gasteiger charge is -2.08. The van der Waals surface area contributed by atoms with Crippen molar-refractivity contribution in [2.45, 2.75) is 4.90 Å². The Labute approximate surface area is 124 Å². The molecule has 98 valence electrons. The highest BCUT2D eigenvalue weighted by atomic mass is 35.5. The Morgan fingerprint density at radius 2 is 1.89 bits per heavy atom. The molecule has 6 heteroatoms. The van der Waals surface area contributed by atoms with Gasteiger partial charge in [-0.2, -0.15) is 0 Å². The van der Waals surface area contributed by atoms with E-state index < -0.39 is 11.7 Å². The first kappa shape index (κ1) is 14.2. The predicted molar refractivity (Wildman–Crippen MR) is 78.1 cm³/mol. The smallest absolute Gasteiger partial charge is 0.257 e. The molecule has 0 unspecified atom stereocenters. The second-order valence-corrected chi connectivity index (χ2v) is 5.14. The van der Waals surface area contributed by atoms with Crippen LogP contribution in [0.25, 0.3) is 0 Å². The number of hydrogen-bond acceptors (Lipinski definition) is 2. The van der Waals surface area contributed by atoms with Crippen LogP contribution in [-0.2, 0) is 0 Å². The molecular weight excluding hydrogens is 308 g/mol. The van der Waals surface area contributed by atoms with Crippen LogP contribution in [0.4, 0.5) is 10.1 Å². The van der Waals surface area contributed by atoms with Crippen molar-refractivity contribution in [2.75, 3.05) is 5.32 Å². The monoisotopic (exact) mass is 315 g/mol. The molecule has 0 saturated carbocycles. The fraction of sp³-hybridized carbons (Fsp3) is 0. The van der Waals surface area contributed by atoms with Crippen molar-refractivity contribution >= 4 is 47.4 Å². The van der Waals surface area contributed by atoms with Gasteiger partial charge in [-0.15, -0.1) is 12.6 Å². The molecule has 2 nitrogen and oxygen atoms in total. The Morgan fingerprint density at radius 1 is 1.16 bits per heavy atom. The Kier molecular flexibility index (Phi) is 4.34. The summed E-state index contributed by atoms with van der Waals surface area (Å²) in [7, 11) is 0. The maximum Gasteiger partial charge on any atom is 0.257 e. The molecule has 0 aliphatic carbocycles. The molecule has 1 amide bonds. The van der Waals surface area contributed by atoms with Crippen LogP contribution in [0, 0.1) is 5.82 Å². The molecule has 0 aliphatic rings. The highest BCUT2D eigenvalue weighted by molar-refractivity contribution is 7.80. The van der Waals surface area contributed by atoms with Gasteiger partial charge in [0, 0.05) is 15.6 Å². The van der Waals surface area contributed by atoms with Gasteiger partial charge in [0.25, 0.3) is 5.91 Å². The summed E-state index contributed by atoms with van der Waals surface area (Å²) in [6, 6.07) is 8.53. The van der Waals surface area contributed by atoms with Crippen LogP contribution >= 0.6 is 35.8 Å². The molecule has 0 aliphatic heterocycles. The van der Waals surface area contributed by atoms with E-state index in [2.05, 4.69) is 17.9 Å². The number of carbonyl (C=O) groups is 1. The van der Waals surface area contributed by atoms with Gasteiger partial charge in [0.2, 0.25) is 0 Å². The molecule has 0 atom stereocenters. The average molecular weight is 316 g/mol. The van der Waals surface area contributed by atoms with Crippen LogP contribution in [0.3, 0.4) is 0 Å². The van der Waals surface area contributed by atoms with E-state index >= 15 is 0 Å². The highest BCUT2D eigenvalue weighted by Gasteiger charge is 2.11. The number of halogens is 3. The van der Waals surface area contributed by atoms with Crippen LogP contribution in [0.1, 0.15) is 10.4 Å². The summed E-state index contributed by atoms with van der Waals surface area (Å²) in [5.74, 6) is -0.987. The summed E-state index contributed by atoms with van der Waals surface area (Å²) in [6.45, 7) is 0. The molecule has 0 aromatic heterocycles. The number of nitrogens with one attached hydrogen (secondary N) is 1. The van der Waals surface area contributed by atoms with Crippen molar-refractivity contribution in [3.8, 4) is 0 Å². The molecule has 0 saturated heterocycles. The summed E-state index contributed by atoms with van der Waals surface area (Å²) in [6.07, 6.45) is 0. The molecule has 0 bridgehead atoms. The zero-order chi connectivity index (χ0) is 14.0. The first-order valence-electron chi connectivity index (χ1n) is 5.21. The normalized spacial score (nSPS) is 10.3. The lowest BCUT2D eigenvalue weighted by atomic mass is 10.2. The quantitative estimate of drug-likeness (QED) is 0.774. The van der Waals surface area contributed by atoms with Crippen LogP contribution in [0.15, 0.2) is 41.3 Å². The van der Waals surface area contributed by atoms with E-state index in [4.69, 9.17) is 23.2 Å². The van der Waals surface area contributed by atoms with Crippen molar-refractivity contribution in [1.82, 2.24) is 0 Å². The second kappa shape index (κ2) is 5.82. The molecule has 0 fully saturated rings. The molecule has 19 heavy (non-hydrogen) atoms. The number of thiol groups is 1. The molecule has 2 aromatic rings. The number of benzene rings is 2. The number of rotatable bonds is 2. The summed E-state index contributed by atoms with van der Waals surface area (Å²) < 4.78 is 13.2. The molecule has 0 spiro atoms. The summed E-state index contributed by atoms with van der Waals surface area (Å²) in [5, 5.41) is 3.01. The third-order valence-corrected chi connectivity index (χ3v) is 3.14. The molecule has 0 radical (unpaired) electrons. The Morgan fingerprint density at radius 3 is 2.58 bits per heavy atom. The maximum atomic E-state index is 13.2. The van der Waals surface area contributed by atoms with E-state index in [1.807, 2.05) is 0 Å². The fourth-order valence-corrected chi connectivity index (χ4v) is 2.14. The van der Waals surface area contributed by atoms with E-state index in [0.29, 0.717) is 4.90 Å². The largest absolute Gasteiger partial charge is 0.322 e. The van der Waals surface area contributed by atoms with Crippen molar-refractivity contribution in [2.24, 2.45) is 0 Å². The topological polar surface area (TPSA) is 29.1 Å². The van der Waals surface area contributed by atoms with Gasteiger partial charge in [-0.3, -0.25) is 4.79 Å². The Bertz CT molecular complexity index is 628. The molecule has 0 heterocycles. The summed E-state index contributed by atoms with van der Waals surface area (Å²) in [5.41, 5.74) is 0.519. The van der Waals surface area contributed by atoms with Crippen molar-refractivity contribution in [3.63, 3.8) is 0 Å². The zero-order valence-corrected chi connectivity index (χ0v) is 11.9. The summed E-state index contributed by atoms with van der Waals surface area (Å²) in [4.78, 5) is 12.6. The van der Waals surface area contributed by atoms with Crippen LogP contribution in [0.2, 0.25) is 10.0 Å². The van der Waals surface area contributed by atoms with Crippen molar-refractivity contribution in [3.05, 3.63) is 57.8 Å². The summed E-state index contributed by atoms with van der Waals surface area (Å²) >= 11 is 15.8. The number of anilines is 1. The lowest BCUT2D eigenvalue weighted by Crippen LogP contribution is -2.12. The highest BCUT2D eigenvalue weighted by Crippen LogP contribution is 2.22. The first-order valence-corrected chi connectivity index (χ1v) is 6.42. The van der Waals surface area contributed by atoms with E-state index in [-0.39, 0.29) is 21.3 Å². The van der Waals surface area contributed by atoms with E-state index in [0.717, 1.165) is 6.07 Å². The minimum absolute atomic E-state index is 0.198. The number of amides is 1. The molecule has 2 rings (SSSR count).